The molecule has 0 amide bonds. The summed E-state index contributed by atoms with van der Waals surface area (Å²) in [6, 6.07) is 0. The van der Waals surface area contributed by atoms with Crippen molar-refractivity contribution in [1.82, 2.24) is 0 Å². The summed E-state index contributed by atoms with van der Waals surface area (Å²) in [6.07, 6.45) is 2.35. The smallest absolute Gasteiger partial charge is 0.163 e. The highest BCUT2D eigenvalue weighted by Crippen LogP contribution is 2.14. The lowest BCUT2D eigenvalue weighted by molar-refractivity contribution is -0.131. The zero-order valence-corrected chi connectivity index (χ0v) is 10.2. The van der Waals surface area contributed by atoms with Gasteiger partial charge in [0.1, 0.15) is 6.61 Å². The second kappa shape index (κ2) is 6.18. The number of hydrogen-bond donors (Lipinski definition) is 0. The number of ether oxygens (including phenoxy) is 1. The van der Waals surface area contributed by atoms with Crippen molar-refractivity contribution in [3.8, 4) is 0 Å². The molecular formula is C12H24O2. The molecule has 2 nitrogen and oxygen atoms in total. The quantitative estimate of drug-likeness (QED) is 0.658. The molecule has 1 atom stereocenters. The first-order valence-corrected chi connectivity index (χ1v) is 5.49. The summed E-state index contributed by atoms with van der Waals surface area (Å²) in [4.78, 5) is 11.5. The Bertz CT molecular complexity index is 168. The van der Waals surface area contributed by atoms with Gasteiger partial charge in [0.15, 0.2) is 5.78 Å². The molecule has 0 aliphatic heterocycles. The van der Waals surface area contributed by atoms with Gasteiger partial charge < -0.3 is 4.74 Å². The van der Waals surface area contributed by atoms with Crippen molar-refractivity contribution in [2.45, 2.75) is 47.5 Å². The minimum Gasteiger partial charge on any atom is -0.373 e. The Kier molecular flexibility index (Phi) is 6.01. The third-order valence-electron chi connectivity index (χ3n) is 2.25. The number of rotatable bonds is 6. The predicted molar refractivity (Wildman–Crippen MR) is 59.4 cm³/mol. The highest BCUT2D eigenvalue weighted by Gasteiger charge is 2.20. The fourth-order valence-corrected chi connectivity index (χ4v) is 1.15. The maximum atomic E-state index is 11.5. The van der Waals surface area contributed by atoms with Gasteiger partial charge in [-0.25, -0.2) is 0 Å². The van der Waals surface area contributed by atoms with Gasteiger partial charge in [0, 0.05) is 12.0 Å². The van der Waals surface area contributed by atoms with E-state index in [1.165, 1.54) is 12.8 Å². The van der Waals surface area contributed by atoms with Crippen molar-refractivity contribution >= 4 is 5.78 Å². The summed E-state index contributed by atoms with van der Waals surface area (Å²) in [5, 5.41) is 0. The van der Waals surface area contributed by atoms with Crippen LogP contribution in [0.15, 0.2) is 0 Å². The molecule has 0 spiro atoms. The fraction of sp³-hybridized carbons (Fsp3) is 0.917. The van der Waals surface area contributed by atoms with Gasteiger partial charge in [0.05, 0.1) is 0 Å². The van der Waals surface area contributed by atoms with Gasteiger partial charge in [0.2, 0.25) is 0 Å². The number of carbonyl (C=O) groups is 1. The predicted octanol–water partition coefficient (Wildman–Crippen LogP) is 3.05. The molecular weight excluding hydrogens is 176 g/mol. The Balaban J connectivity index is 3.59. The first-order valence-electron chi connectivity index (χ1n) is 5.49. The van der Waals surface area contributed by atoms with Gasteiger partial charge in [-0.05, 0) is 12.3 Å². The molecule has 0 aromatic heterocycles. The van der Waals surface area contributed by atoms with Crippen LogP contribution in [0, 0.1) is 11.3 Å². The van der Waals surface area contributed by atoms with E-state index in [0.717, 1.165) is 0 Å². The van der Waals surface area contributed by atoms with Crippen LogP contribution in [0.2, 0.25) is 0 Å². The summed E-state index contributed by atoms with van der Waals surface area (Å²) in [5.74, 6) is 0.744. The van der Waals surface area contributed by atoms with E-state index in [4.69, 9.17) is 4.74 Å². The van der Waals surface area contributed by atoms with E-state index in [2.05, 4.69) is 13.8 Å². The molecule has 1 unspecified atom stereocenters. The van der Waals surface area contributed by atoms with E-state index in [9.17, 15) is 4.79 Å². The molecule has 0 aliphatic carbocycles. The number of hydrogen-bond acceptors (Lipinski definition) is 2. The van der Waals surface area contributed by atoms with Crippen molar-refractivity contribution in [3.63, 3.8) is 0 Å². The molecule has 0 heterocycles. The summed E-state index contributed by atoms with van der Waals surface area (Å²) in [7, 11) is 0. The number of ketones is 1. The number of carbonyl (C=O) groups excluding carboxylic acids is 1. The second-order valence-corrected chi connectivity index (χ2v) is 5.08. The zero-order valence-electron chi connectivity index (χ0n) is 10.2. The molecule has 0 radical (unpaired) electrons. The summed E-state index contributed by atoms with van der Waals surface area (Å²) in [6.45, 7) is 11.1. The maximum absolute atomic E-state index is 11.5. The van der Waals surface area contributed by atoms with Crippen LogP contribution < -0.4 is 0 Å². The first-order chi connectivity index (χ1) is 6.38. The van der Waals surface area contributed by atoms with Crippen LogP contribution in [0.25, 0.3) is 0 Å². The SMILES string of the molecule is CCCC(C)COCC(=O)C(C)(C)C. The van der Waals surface area contributed by atoms with Gasteiger partial charge in [-0.2, -0.15) is 0 Å². The van der Waals surface area contributed by atoms with Gasteiger partial charge in [-0.15, -0.1) is 0 Å². The number of Topliss-reactive ketones (excluding diaryl/α,β-unsaturated/α-hetero) is 1. The van der Waals surface area contributed by atoms with Crippen molar-refractivity contribution in [2.24, 2.45) is 11.3 Å². The highest BCUT2D eigenvalue weighted by molar-refractivity contribution is 5.84. The highest BCUT2D eigenvalue weighted by atomic mass is 16.5. The lowest BCUT2D eigenvalue weighted by atomic mass is 9.91. The molecule has 0 rings (SSSR count). The van der Waals surface area contributed by atoms with Gasteiger partial charge >= 0.3 is 0 Å². The fourth-order valence-electron chi connectivity index (χ4n) is 1.15. The van der Waals surface area contributed by atoms with Crippen LogP contribution in [0.3, 0.4) is 0 Å². The Labute approximate surface area is 88.0 Å². The second-order valence-electron chi connectivity index (χ2n) is 5.08. The summed E-state index contributed by atoms with van der Waals surface area (Å²) in [5.41, 5.74) is -0.270. The zero-order chi connectivity index (χ0) is 11.2. The molecule has 0 bridgehead atoms. The molecule has 0 aliphatic rings. The van der Waals surface area contributed by atoms with Crippen LogP contribution >= 0.6 is 0 Å². The molecule has 2 heteroatoms. The van der Waals surface area contributed by atoms with E-state index in [-0.39, 0.29) is 17.8 Å². The monoisotopic (exact) mass is 200 g/mol. The standard InChI is InChI=1S/C12H24O2/c1-6-7-10(2)8-14-9-11(13)12(3,4)5/h10H,6-9H2,1-5H3. The topological polar surface area (TPSA) is 26.3 Å². The van der Waals surface area contributed by atoms with E-state index in [1.807, 2.05) is 20.8 Å². The van der Waals surface area contributed by atoms with Crippen molar-refractivity contribution < 1.29 is 9.53 Å². The third kappa shape index (κ3) is 6.14. The molecule has 0 N–H and O–H groups in total. The van der Waals surface area contributed by atoms with E-state index in [1.54, 1.807) is 0 Å². The molecule has 84 valence electrons. The van der Waals surface area contributed by atoms with Crippen LogP contribution in [0.1, 0.15) is 47.5 Å². The Morgan fingerprint density at radius 1 is 1.36 bits per heavy atom. The maximum Gasteiger partial charge on any atom is 0.163 e. The average Bonchev–Trinajstić information content (AvgIpc) is 2.02. The minimum absolute atomic E-state index is 0.182. The Hall–Kier alpha value is -0.370. The van der Waals surface area contributed by atoms with Crippen LogP contribution in [-0.2, 0) is 9.53 Å². The van der Waals surface area contributed by atoms with Crippen LogP contribution in [0.4, 0.5) is 0 Å². The molecule has 0 aromatic rings. The Morgan fingerprint density at radius 2 is 1.93 bits per heavy atom. The van der Waals surface area contributed by atoms with Crippen LogP contribution in [0.5, 0.6) is 0 Å². The van der Waals surface area contributed by atoms with Crippen molar-refractivity contribution in [1.29, 1.82) is 0 Å². The largest absolute Gasteiger partial charge is 0.373 e. The molecule has 0 aromatic carbocycles. The molecule has 0 saturated carbocycles. The van der Waals surface area contributed by atoms with Crippen molar-refractivity contribution in [3.05, 3.63) is 0 Å². The Morgan fingerprint density at radius 3 is 2.36 bits per heavy atom. The first kappa shape index (κ1) is 13.6. The third-order valence-corrected chi connectivity index (χ3v) is 2.25. The van der Waals surface area contributed by atoms with Gasteiger partial charge in [0.25, 0.3) is 0 Å². The normalized spacial score (nSPS) is 14.1. The van der Waals surface area contributed by atoms with E-state index >= 15 is 0 Å². The lowest BCUT2D eigenvalue weighted by Gasteiger charge is -2.17. The van der Waals surface area contributed by atoms with Crippen molar-refractivity contribution in [2.75, 3.05) is 13.2 Å². The van der Waals surface area contributed by atoms with Gasteiger partial charge in [-0.1, -0.05) is 41.0 Å². The minimum atomic E-state index is -0.270. The summed E-state index contributed by atoms with van der Waals surface area (Å²) < 4.78 is 5.39. The lowest BCUT2D eigenvalue weighted by Crippen LogP contribution is -2.25. The van der Waals surface area contributed by atoms with E-state index in [0.29, 0.717) is 12.5 Å². The molecule has 0 fully saturated rings. The van der Waals surface area contributed by atoms with E-state index < -0.39 is 0 Å². The summed E-state index contributed by atoms with van der Waals surface area (Å²) >= 11 is 0. The average molecular weight is 200 g/mol. The van der Waals surface area contributed by atoms with Crippen LogP contribution in [-0.4, -0.2) is 19.0 Å². The molecule has 14 heavy (non-hydrogen) atoms. The molecule has 0 saturated heterocycles. The van der Waals surface area contributed by atoms with Gasteiger partial charge in [-0.3, -0.25) is 4.79 Å².